The number of amides is 1. The summed E-state index contributed by atoms with van der Waals surface area (Å²) in [6, 6.07) is 5.93. The summed E-state index contributed by atoms with van der Waals surface area (Å²) in [5.41, 5.74) is 1.47. The first kappa shape index (κ1) is 14.6. The molecule has 3 atom stereocenters. The van der Waals surface area contributed by atoms with Gasteiger partial charge in [-0.15, -0.1) is 0 Å². The molecule has 2 saturated heterocycles. The number of rotatable bonds is 2. The molecule has 0 spiro atoms. The molecule has 5 nitrogen and oxygen atoms in total. The van der Waals surface area contributed by atoms with Gasteiger partial charge in [-0.3, -0.25) is 9.00 Å². The number of aromatic nitrogens is 2. The monoisotopic (exact) mass is 343 g/mol. The number of imidazole rings is 1. The van der Waals surface area contributed by atoms with Crippen LogP contribution in [0.2, 0.25) is 0 Å². The second-order valence-corrected chi connectivity index (χ2v) is 9.23. The molecule has 1 aliphatic carbocycles. The van der Waals surface area contributed by atoms with Crippen molar-refractivity contribution in [3.05, 3.63) is 35.9 Å². The zero-order chi connectivity index (χ0) is 16.3. The molecule has 4 heterocycles. The number of fused-ring (bicyclic) bond motifs is 3. The molecule has 3 aliphatic rings. The van der Waals surface area contributed by atoms with E-state index in [0.717, 1.165) is 43.4 Å². The number of likely N-dealkylation sites (tertiary alicyclic amines) is 1. The van der Waals surface area contributed by atoms with Crippen LogP contribution in [0.3, 0.4) is 0 Å². The number of carbonyl (C=O) groups excluding carboxylic acids is 1. The molecule has 0 aromatic carbocycles. The summed E-state index contributed by atoms with van der Waals surface area (Å²) in [7, 11) is -0.768. The number of hydrogen-bond donors (Lipinski definition) is 0. The van der Waals surface area contributed by atoms with Gasteiger partial charge in [-0.05, 0) is 44.2 Å². The van der Waals surface area contributed by atoms with Gasteiger partial charge in [-0.1, -0.05) is 6.07 Å². The van der Waals surface area contributed by atoms with Gasteiger partial charge in [0.2, 0.25) is 0 Å². The maximum Gasteiger partial charge on any atom is 0.274 e. The van der Waals surface area contributed by atoms with Crippen molar-refractivity contribution in [1.29, 1.82) is 0 Å². The van der Waals surface area contributed by atoms with Gasteiger partial charge in [0, 0.05) is 41.3 Å². The minimum absolute atomic E-state index is 0.00940. The predicted octanol–water partition coefficient (Wildman–Crippen LogP) is 2.34. The van der Waals surface area contributed by atoms with E-state index in [0.29, 0.717) is 24.7 Å². The zero-order valence-corrected chi connectivity index (χ0v) is 14.4. The van der Waals surface area contributed by atoms with Crippen LogP contribution in [0.25, 0.3) is 5.52 Å². The molecule has 0 N–H and O–H groups in total. The fourth-order valence-corrected chi connectivity index (χ4v) is 6.07. The maximum atomic E-state index is 13.2. The molecule has 3 unspecified atom stereocenters. The molecular weight excluding hydrogens is 322 g/mol. The highest BCUT2D eigenvalue weighted by atomic mass is 32.2. The minimum atomic E-state index is -0.768. The summed E-state index contributed by atoms with van der Waals surface area (Å²) in [5, 5.41) is 0.437. The summed E-state index contributed by atoms with van der Waals surface area (Å²) in [6.45, 7) is 1.32. The highest BCUT2D eigenvalue weighted by molar-refractivity contribution is 7.86. The lowest BCUT2D eigenvalue weighted by Crippen LogP contribution is -2.37. The largest absolute Gasteiger partial charge is 0.336 e. The van der Waals surface area contributed by atoms with E-state index in [4.69, 9.17) is 4.98 Å². The topological polar surface area (TPSA) is 54.7 Å². The molecule has 24 heavy (non-hydrogen) atoms. The van der Waals surface area contributed by atoms with Crippen LogP contribution in [0.5, 0.6) is 0 Å². The van der Waals surface area contributed by atoms with Crippen molar-refractivity contribution in [1.82, 2.24) is 14.3 Å². The Kier molecular flexibility index (Phi) is 3.30. The lowest BCUT2D eigenvalue weighted by atomic mass is 10.1. The van der Waals surface area contributed by atoms with E-state index in [1.807, 2.05) is 29.3 Å². The lowest BCUT2D eigenvalue weighted by Gasteiger charge is -2.23. The third kappa shape index (κ3) is 2.23. The first-order valence-electron chi connectivity index (χ1n) is 8.88. The van der Waals surface area contributed by atoms with E-state index in [2.05, 4.69) is 4.40 Å². The number of pyridine rings is 1. The van der Waals surface area contributed by atoms with E-state index >= 15 is 0 Å². The van der Waals surface area contributed by atoms with Crippen LogP contribution in [0, 0.1) is 0 Å². The van der Waals surface area contributed by atoms with Crippen molar-refractivity contribution in [2.75, 3.05) is 13.1 Å². The molecular formula is C18H21N3O2S. The van der Waals surface area contributed by atoms with Crippen LogP contribution in [-0.2, 0) is 10.8 Å². The van der Waals surface area contributed by atoms with Crippen molar-refractivity contribution in [2.24, 2.45) is 0 Å². The van der Waals surface area contributed by atoms with Crippen molar-refractivity contribution in [2.45, 2.75) is 48.5 Å². The summed E-state index contributed by atoms with van der Waals surface area (Å²) < 4.78 is 14.5. The standard InChI is InChI=1S/C18H21N3O2S/c22-18(20-10-8-13-6-7-14(11-20)24(13)23)16-15-3-1-2-9-21(15)17(19-16)12-4-5-12/h1-3,9,12-14H,4-8,10-11H2. The molecule has 2 aromatic heterocycles. The number of hydrogen-bond acceptors (Lipinski definition) is 3. The van der Waals surface area contributed by atoms with Crippen LogP contribution in [0.15, 0.2) is 24.4 Å². The summed E-state index contributed by atoms with van der Waals surface area (Å²) in [6.07, 6.45) is 7.22. The van der Waals surface area contributed by atoms with E-state index in [1.165, 1.54) is 0 Å². The van der Waals surface area contributed by atoms with Gasteiger partial charge in [0.25, 0.3) is 5.91 Å². The van der Waals surface area contributed by atoms with Crippen LogP contribution < -0.4 is 0 Å². The first-order valence-corrected chi connectivity index (χ1v) is 10.2. The Morgan fingerprint density at radius 2 is 1.96 bits per heavy atom. The second kappa shape index (κ2) is 5.41. The zero-order valence-electron chi connectivity index (χ0n) is 13.6. The van der Waals surface area contributed by atoms with Crippen LogP contribution in [0.4, 0.5) is 0 Å². The van der Waals surface area contributed by atoms with E-state index in [9.17, 15) is 9.00 Å². The smallest absolute Gasteiger partial charge is 0.274 e. The molecule has 1 saturated carbocycles. The van der Waals surface area contributed by atoms with Gasteiger partial charge in [0.15, 0.2) is 5.69 Å². The van der Waals surface area contributed by atoms with Crippen molar-refractivity contribution in [3.63, 3.8) is 0 Å². The molecule has 6 heteroatoms. The summed E-state index contributed by atoms with van der Waals surface area (Å²) >= 11 is 0. The lowest BCUT2D eigenvalue weighted by molar-refractivity contribution is 0.0748. The molecule has 2 aromatic rings. The number of nitrogens with zero attached hydrogens (tertiary/aromatic N) is 3. The Hall–Kier alpha value is -1.69. The third-order valence-electron chi connectivity index (χ3n) is 5.62. The quantitative estimate of drug-likeness (QED) is 0.841. The Balaban J connectivity index is 1.51. The van der Waals surface area contributed by atoms with Crippen molar-refractivity contribution >= 4 is 22.2 Å². The average molecular weight is 343 g/mol. The summed E-state index contributed by atoms with van der Waals surface area (Å²) in [5.74, 6) is 1.53. The van der Waals surface area contributed by atoms with Crippen molar-refractivity contribution < 1.29 is 9.00 Å². The van der Waals surface area contributed by atoms with Gasteiger partial charge in [0.05, 0.1) is 10.8 Å². The average Bonchev–Trinajstić information content (AvgIpc) is 3.29. The highest BCUT2D eigenvalue weighted by Crippen LogP contribution is 2.40. The van der Waals surface area contributed by atoms with E-state index in [1.54, 1.807) is 0 Å². The van der Waals surface area contributed by atoms with Crippen LogP contribution in [0.1, 0.15) is 54.3 Å². The number of carbonyl (C=O) groups is 1. The molecule has 3 fully saturated rings. The molecule has 5 rings (SSSR count). The summed E-state index contributed by atoms with van der Waals surface area (Å²) in [4.78, 5) is 19.8. The van der Waals surface area contributed by atoms with Gasteiger partial charge in [-0.25, -0.2) is 4.98 Å². The fraction of sp³-hybridized carbons (Fsp3) is 0.556. The second-order valence-electron chi connectivity index (χ2n) is 7.24. The third-order valence-corrected chi connectivity index (χ3v) is 7.79. The molecule has 126 valence electrons. The van der Waals surface area contributed by atoms with Gasteiger partial charge in [-0.2, -0.15) is 0 Å². The molecule has 2 bridgehead atoms. The van der Waals surface area contributed by atoms with Crippen molar-refractivity contribution in [3.8, 4) is 0 Å². The maximum absolute atomic E-state index is 13.2. The predicted molar refractivity (Wildman–Crippen MR) is 92.6 cm³/mol. The van der Waals surface area contributed by atoms with E-state index < -0.39 is 10.8 Å². The van der Waals surface area contributed by atoms with Gasteiger partial charge < -0.3 is 9.30 Å². The SMILES string of the molecule is O=C(c1nc(C2CC2)n2ccccc12)N1CCC2CCC(C1)S2=O. The highest BCUT2D eigenvalue weighted by Gasteiger charge is 2.39. The Labute approximate surface area is 143 Å². The van der Waals surface area contributed by atoms with E-state index in [-0.39, 0.29) is 16.4 Å². The van der Waals surface area contributed by atoms with Crippen LogP contribution in [-0.4, -0.2) is 48.0 Å². The Morgan fingerprint density at radius 3 is 2.79 bits per heavy atom. The Morgan fingerprint density at radius 1 is 1.12 bits per heavy atom. The van der Waals surface area contributed by atoms with Crippen LogP contribution >= 0.6 is 0 Å². The van der Waals surface area contributed by atoms with Gasteiger partial charge in [0.1, 0.15) is 5.82 Å². The Bertz CT molecular complexity index is 842. The first-order chi connectivity index (χ1) is 11.7. The fourth-order valence-electron chi connectivity index (χ4n) is 4.12. The molecule has 2 aliphatic heterocycles. The molecule has 1 amide bonds. The minimum Gasteiger partial charge on any atom is -0.336 e. The normalized spacial score (nSPS) is 29.8. The molecule has 0 radical (unpaired) electrons. The van der Waals surface area contributed by atoms with Gasteiger partial charge >= 0.3 is 0 Å².